The van der Waals surface area contributed by atoms with Gasteiger partial charge in [-0.1, -0.05) is 23.4 Å². The van der Waals surface area contributed by atoms with Crippen LogP contribution in [0.2, 0.25) is 0 Å². The fourth-order valence-corrected chi connectivity index (χ4v) is 2.97. The number of hydrogen-bond donors (Lipinski definition) is 1. The summed E-state index contributed by atoms with van der Waals surface area (Å²) in [5.41, 5.74) is 1.41. The highest BCUT2D eigenvalue weighted by molar-refractivity contribution is 6.05. The van der Waals surface area contributed by atoms with Gasteiger partial charge in [-0.2, -0.15) is 0 Å². The highest BCUT2D eigenvalue weighted by Crippen LogP contribution is 2.27. The summed E-state index contributed by atoms with van der Waals surface area (Å²) in [7, 11) is 0. The number of ether oxygens (including phenoxy) is 1. The first-order valence-corrected chi connectivity index (χ1v) is 9.32. The van der Waals surface area contributed by atoms with Crippen molar-refractivity contribution in [3.63, 3.8) is 0 Å². The maximum atomic E-state index is 12.9. The number of carbonyl (C=O) groups excluding carboxylic acids is 2. The van der Waals surface area contributed by atoms with Crippen molar-refractivity contribution in [2.75, 3.05) is 5.32 Å². The number of benzene rings is 1. The predicted octanol–water partition coefficient (Wildman–Crippen LogP) is 4.28. The maximum absolute atomic E-state index is 12.9. The van der Waals surface area contributed by atoms with Crippen molar-refractivity contribution in [2.45, 2.75) is 26.9 Å². The van der Waals surface area contributed by atoms with E-state index in [-0.39, 0.29) is 5.82 Å². The maximum Gasteiger partial charge on any atom is 0.339 e. The molecule has 152 valence electrons. The predicted molar refractivity (Wildman–Crippen MR) is 109 cm³/mol. The van der Waals surface area contributed by atoms with Gasteiger partial charge in [0.15, 0.2) is 17.7 Å². The average Bonchev–Trinajstić information content (AvgIpc) is 3.34. The van der Waals surface area contributed by atoms with Gasteiger partial charge in [-0.25, -0.2) is 9.78 Å². The number of furan rings is 1. The molecule has 0 spiro atoms. The molecule has 0 radical (unpaired) electrons. The summed E-state index contributed by atoms with van der Waals surface area (Å²) in [5, 5.41) is 6.87. The van der Waals surface area contributed by atoms with Gasteiger partial charge in [-0.05, 0) is 45.0 Å². The molecule has 0 aliphatic rings. The molecule has 0 saturated carbocycles. The molecule has 4 rings (SSSR count). The standard InChI is InChI=1S/C22H19N3O5/c1-12-8-9-19(28-12)18-11-16(15-6-4-5-7-17(15)23-18)22(27)29-14(3)21(26)24-20-10-13(2)30-25-20/h4-11,14H,1-3H3,(H,24,25,26)/t14-/m0/s1. The molecule has 1 N–H and O–H groups in total. The summed E-state index contributed by atoms with van der Waals surface area (Å²) in [4.78, 5) is 29.8. The van der Waals surface area contributed by atoms with E-state index in [1.54, 1.807) is 43.3 Å². The molecule has 3 aromatic heterocycles. The number of nitrogens with zero attached hydrogens (tertiary/aromatic N) is 2. The number of aromatic nitrogens is 2. The quantitative estimate of drug-likeness (QED) is 0.494. The van der Waals surface area contributed by atoms with E-state index in [1.807, 2.05) is 19.1 Å². The smallest absolute Gasteiger partial charge is 0.339 e. The molecule has 8 heteroatoms. The minimum atomic E-state index is -1.05. The van der Waals surface area contributed by atoms with Gasteiger partial charge < -0.3 is 19.0 Å². The molecule has 1 amide bonds. The average molecular weight is 405 g/mol. The molecule has 0 fully saturated rings. The van der Waals surface area contributed by atoms with Crippen LogP contribution in [0.1, 0.15) is 28.8 Å². The van der Waals surface area contributed by atoms with E-state index in [1.165, 1.54) is 6.92 Å². The number of anilines is 1. The van der Waals surface area contributed by atoms with Gasteiger partial charge in [0.05, 0.1) is 11.1 Å². The Kier molecular flexibility index (Phi) is 5.05. The Morgan fingerprint density at radius 1 is 1.07 bits per heavy atom. The Hall–Kier alpha value is -3.94. The third-order valence-electron chi connectivity index (χ3n) is 4.46. The number of esters is 1. The molecular formula is C22H19N3O5. The summed E-state index contributed by atoms with van der Waals surface area (Å²) in [6.07, 6.45) is -1.05. The molecule has 0 aliphatic carbocycles. The number of rotatable bonds is 5. The lowest BCUT2D eigenvalue weighted by molar-refractivity contribution is -0.123. The molecule has 0 saturated heterocycles. The van der Waals surface area contributed by atoms with Gasteiger partial charge in [0.2, 0.25) is 0 Å². The topological polar surface area (TPSA) is 107 Å². The first kappa shape index (κ1) is 19.4. The summed E-state index contributed by atoms with van der Waals surface area (Å²) in [6.45, 7) is 5.02. The summed E-state index contributed by atoms with van der Waals surface area (Å²) >= 11 is 0. The van der Waals surface area contributed by atoms with Crippen molar-refractivity contribution in [2.24, 2.45) is 0 Å². The summed E-state index contributed by atoms with van der Waals surface area (Å²) in [5.74, 6) is 0.926. The third-order valence-corrected chi connectivity index (χ3v) is 4.46. The van der Waals surface area contributed by atoms with Gasteiger partial charge in [0.1, 0.15) is 17.2 Å². The van der Waals surface area contributed by atoms with Crippen LogP contribution in [-0.4, -0.2) is 28.1 Å². The van der Waals surface area contributed by atoms with Crippen LogP contribution < -0.4 is 5.32 Å². The molecule has 0 bridgehead atoms. The van der Waals surface area contributed by atoms with Crippen LogP contribution in [0.4, 0.5) is 5.82 Å². The van der Waals surface area contributed by atoms with E-state index in [0.29, 0.717) is 33.7 Å². The van der Waals surface area contributed by atoms with Crippen LogP contribution >= 0.6 is 0 Å². The monoisotopic (exact) mass is 405 g/mol. The highest BCUT2D eigenvalue weighted by atomic mass is 16.5. The van der Waals surface area contributed by atoms with Gasteiger partial charge in [0.25, 0.3) is 5.91 Å². The second kappa shape index (κ2) is 7.82. The van der Waals surface area contributed by atoms with Crippen molar-refractivity contribution in [1.29, 1.82) is 0 Å². The van der Waals surface area contributed by atoms with E-state index < -0.39 is 18.0 Å². The number of fused-ring (bicyclic) bond motifs is 1. The van der Waals surface area contributed by atoms with Gasteiger partial charge in [0, 0.05) is 11.5 Å². The Balaban J connectivity index is 1.61. The molecule has 0 aliphatic heterocycles. The zero-order valence-electron chi connectivity index (χ0n) is 16.6. The molecule has 1 aromatic carbocycles. The lowest BCUT2D eigenvalue weighted by Gasteiger charge is -2.14. The molecular weight excluding hydrogens is 386 g/mol. The molecule has 1 atom stereocenters. The minimum absolute atomic E-state index is 0.255. The fraction of sp³-hybridized carbons (Fsp3) is 0.182. The Morgan fingerprint density at radius 3 is 2.57 bits per heavy atom. The lowest BCUT2D eigenvalue weighted by atomic mass is 10.1. The normalized spacial score (nSPS) is 12.0. The van der Waals surface area contributed by atoms with Crippen LogP contribution in [0.5, 0.6) is 0 Å². The summed E-state index contributed by atoms with van der Waals surface area (Å²) in [6, 6.07) is 14.0. The minimum Gasteiger partial charge on any atom is -0.460 e. The van der Waals surface area contributed by atoms with Gasteiger partial charge in [-0.15, -0.1) is 0 Å². The van der Waals surface area contributed by atoms with Crippen LogP contribution in [-0.2, 0) is 9.53 Å². The van der Waals surface area contributed by atoms with Gasteiger partial charge >= 0.3 is 5.97 Å². The van der Waals surface area contributed by atoms with E-state index >= 15 is 0 Å². The van der Waals surface area contributed by atoms with Gasteiger partial charge in [-0.3, -0.25) is 4.79 Å². The summed E-state index contributed by atoms with van der Waals surface area (Å²) < 4.78 is 16.0. The largest absolute Gasteiger partial charge is 0.460 e. The number of para-hydroxylation sites is 1. The highest BCUT2D eigenvalue weighted by Gasteiger charge is 2.23. The van der Waals surface area contributed by atoms with Crippen molar-refractivity contribution in [3.05, 3.63) is 65.6 Å². The van der Waals surface area contributed by atoms with Crippen LogP contribution in [0.25, 0.3) is 22.4 Å². The third kappa shape index (κ3) is 3.93. The number of carbonyl (C=O) groups is 2. The Morgan fingerprint density at radius 2 is 1.87 bits per heavy atom. The van der Waals surface area contributed by atoms with E-state index in [0.717, 1.165) is 5.76 Å². The van der Waals surface area contributed by atoms with Crippen molar-refractivity contribution in [1.82, 2.24) is 10.1 Å². The SMILES string of the molecule is Cc1cc(NC(=O)[C@H](C)OC(=O)c2cc(-c3ccc(C)o3)nc3ccccc23)no1. The molecule has 8 nitrogen and oxygen atoms in total. The Bertz CT molecular complexity index is 1240. The van der Waals surface area contributed by atoms with Crippen molar-refractivity contribution < 1.29 is 23.3 Å². The van der Waals surface area contributed by atoms with Crippen molar-refractivity contribution >= 4 is 28.6 Å². The Labute approximate surface area is 171 Å². The van der Waals surface area contributed by atoms with E-state index in [9.17, 15) is 9.59 Å². The molecule has 0 unspecified atom stereocenters. The second-order valence-electron chi connectivity index (χ2n) is 6.84. The zero-order valence-corrected chi connectivity index (χ0v) is 16.6. The number of nitrogens with one attached hydrogen (secondary N) is 1. The first-order valence-electron chi connectivity index (χ1n) is 9.32. The second-order valence-corrected chi connectivity index (χ2v) is 6.84. The van der Waals surface area contributed by atoms with Crippen LogP contribution in [0, 0.1) is 13.8 Å². The van der Waals surface area contributed by atoms with Crippen LogP contribution in [0.15, 0.2) is 57.5 Å². The first-order chi connectivity index (χ1) is 14.4. The number of aryl methyl sites for hydroxylation is 2. The lowest BCUT2D eigenvalue weighted by Crippen LogP contribution is -2.30. The molecule has 3 heterocycles. The van der Waals surface area contributed by atoms with Crippen LogP contribution in [0.3, 0.4) is 0 Å². The van der Waals surface area contributed by atoms with Crippen molar-refractivity contribution in [3.8, 4) is 11.5 Å². The zero-order chi connectivity index (χ0) is 21.3. The number of amides is 1. The molecule has 30 heavy (non-hydrogen) atoms. The molecule has 4 aromatic rings. The van der Waals surface area contributed by atoms with E-state index in [2.05, 4.69) is 15.5 Å². The number of pyridine rings is 1. The number of hydrogen-bond acceptors (Lipinski definition) is 7. The fourth-order valence-electron chi connectivity index (χ4n) is 2.97. The van der Waals surface area contributed by atoms with E-state index in [4.69, 9.17) is 13.7 Å².